The molecule has 1 amide bonds. The van der Waals surface area contributed by atoms with Crippen LogP contribution in [0.3, 0.4) is 0 Å². The number of benzene rings is 2. The van der Waals surface area contributed by atoms with Crippen molar-refractivity contribution in [2.45, 2.75) is 39.7 Å². The lowest BCUT2D eigenvalue weighted by Gasteiger charge is -2.15. The summed E-state index contributed by atoms with van der Waals surface area (Å²) in [7, 11) is 0. The molecule has 0 fully saturated rings. The van der Waals surface area contributed by atoms with E-state index in [-0.39, 0.29) is 6.61 Å². The Morgan fingerprint density at radius 3 is 2.54 bits per heavy atom. The van der Waals surface area contributed by atoms with Crippen molar-refractivity contribution in [1.82, 2.24) is 0 Å². The van der Waals surface area contributed by atoms with Gasteiger partial charge >= 0.3 is 5.97 Å². The van der Waals surface area contributed by atoms with Crippen molar-refractivity contribution >= 4 is 17.6 Å². The molecule has 1 unspecified atom stereocenters. The van der Waals surface area contributed by atoms with E-state index in [0.29, 0.717) is 22.9 Å². The second-order valence-electron chi connectivity index (χ2n) is 6.78. The van der Waals surface area contributed by atoms with Crippen molar-refractivity contribution in [2.75, 3.05) is 11.9 Å². The molecule has 0 aliphatic carbocycles. The zero-order valence-electron chi connectivity index (χ0n) is 16.5. The van der Waals surface area contributed by atoms with E-state index in [0.717, 1.165) is 5.56 Å². The molecule has 1 atom stereocenters. The van der Waals surface area contributed by atoms with E-state index in [2.05, 4.69) is 19.2 Å². The zero-order chi connectivity index (χ0) is 20.7. The minimum Gasteiger partial charge on any atom is -0.482 e. The Balaban J connectivity index is 1.85. The van der Waals surface area contributed by atoms with Crippen LogP contribution in [0.15, 0.2) is 42.5 Å². The molecule has 146 valence electrons. The number of hydrogen-bond acceptors (Lipinski definition) is 5. The molecule has 2 aromatic carbocycles. The molecule has 6 heteroatoms. The number of aryl methyl sites for hydroxylation is 1. The van der Waals surface area contributed by atoms with Crippen molar-refractivity contribution in [3.05, 3.63) is 59.2 Å². The zero-order valence-corrected chi connectivity index (χ0v) is 16.5. The van der Waals surface area contributed by atoms with Crippen LogP contribution >= 0.6 is 0 Å². The Morgan fingerprint density at radius 2 is 1.89 bits per heavy atom. The average molecular weight is 380 g/mol. The number of carbonyl (C=O) groups excluding carboxylic acids is 2. The molecule has 0 spiro atoms. The number of hydrogen-bond donors (Lipinski definition) is 1. The topological polar surface area (TPSA) is 88.4 Å². The highest BCUT2D eigenvalue weighted by atomic mass is 16.6. The Labute approximate surface area is 165 Å². The molecule has 0 radical (unpaired) electrons. The third-order valence-corrected chi connectivity index (χ3v) is 4.16. The highest BCUT2D eigenvalue weighted by Gasteiger charge is 2.18. The Morgan fingerprint density at radius 1 is 1.14 bits per heavy atom. The smallest absolute Gasteiger partial charge is 0.344 e. The molecule has 0 aromatic heterocycles. The van der Waals surface area contributed by atoms with Crippen LogP contribution in [0.5, 0.6) is 5.75 Å². The summed E-state index contributed by atoms with van der Waals surface area (Å²) in [5.74, 6) is -0.143. The molecule has 0 aliphatic rings. The fourth-order valence-electron chi connectivity index (χ4n) is 2.72. The van der Waals surface area contributed by atoms with Gasteiger partial charge in [-0.05, 0) is 61.2 Å². The first-order valence-electron chi connectivity index (χ1n) is 9.04. The number of carbonyl (C=O) groups is 2. The molecule has 6 nitrogen and oxygen atoms in total. The van der Waals surface area contributed by atoms with Crippen LogP contribution in [-0.2, 0) is 14.3 Å². The number of rotatable bonds is 7. The van der Waals surface area contributed by atoms with Crippen LogP contribution in [0.2, 0.25) is 0 Å². The number of nitrogens with zero attached hydrogens (tertiary/aromatic N) is 1. The van der Waals surface area contributed by atoms with E-state index in [1.54, 1.807) is 24.3 Å². The van der Waals surface area contributed by atoms with Crippen molar-refractivity contribution in [2.24, 2.45) is 0 Å². The standard InChI is InChI=1S/C22H24N2O4/c1-14(2)20-9-8-19(10-15(20)3)27-13-21(25)28-16(4)22(26)24-18-7-5-6-17(11-18)12-23/h5-11,14,16H,13H2,1-4H3,(H,24,26). The third kappa shape index (κ3) is 5.85. The molecule has 0 saturated heterocycles. The summed E-state index contributed by atoms with van der Waals surface area (Å²) in [6, 6.07) is 14.1. The predicted molar refractivity (Wildman–Crippen MR) is 106 cm³/mol. The summed E-state index contributed by atoms with van der Waals surface area (Å²) in [5.41, 5.74) is 3.20. The molecule has 0 heterocycles. The highest BCUT2D eigenvalue weighted by Crippen LogP contribution is 2.23. The van der Waals surface area contributed by atoms with Gasteiger partial charge in [0.25, 0.3) is 5.91 Å². The molecular formula is C22H24N2O4. The summed E-state index contributed by atoms with van der Waals surface area (Å²) in [4.78, 5) is 24.1. The number of anilines is 1. The van der Waals surface area contributed by atoms with Gasteiger partial charge in [-0.2, -0.15) is 5.26 Å². The fourth-order valence-corrected chi connectivity index (χ4v) is 2.72. The van der Waals surface area contributed by atoms with Gasteiger partial charge in [0.2, 0.25) is 0 Å². The summed E-state index contributed by atoms with van der Waals surface area (Å²) in [5, 5.41) is 11.5. The number of ether oxygens (including phenoxy) is 2. The lowest BCUT2D eigenvalue weighted by atomic mass is 9.98. The van der Waals surface area contributed by atoms with Crippen LogP contribution < -0.4 is 10.1 Å². The van der Waals surface area contributed by atoms with Crippen LogP contribution in [0.4, 0.5) is 5.69 Å². The molecule has 28 heavy (non-hydrogen) atoms. The summed E-state index contributed by atoms with van der Waals surface area (Å²) >= 11 is 0. The highest BCUT2D eigenvalue weighted by molar-refractivity contribution is 5.95. The van der Waals surface area contributed by atoms with Gasteiger partial charge in [0.1, 0.15) is 5.75 Å². The van der Waals surface area contributed by atoms with E-state index in [1.807, 2.05) is 31.2 Å². The van der Waals surface area contributed by atoms with Crippen molar-refractivity contribution < 1.29 is 19.1 Å². The minimum absolute atomic E-state index is 0.290. The number of nitrogens with one attached hydrogen (secondary N) is 1. The first kappa shape index (κ1) is 21.0. The summed E-state index contributed by atoms with van der Waals surface area (Å²) < 4.78 is 10.6. The van der Waals surface area contributed by atoms with Gasteiger partial charge in [0.05, 0.1) is 11.6 Å². The fraction of sp³-hybridized carbons (Fsp3) is 0.318. The van der Waals surface area contributed by atoms with E-state index >= 15 is 0 Å². The van der Waals surface area contributed by atoms with Crippen LogP contribution in [0, 0.1) is 18.3 Å². The number of nitriles is 1. The van der Waals surface area contributed by atoms with Gasteiger partial charge in [-0.25, -0.2) is 4.79 Å². The first-order chi connectivity index (χ1) is 13.3. The van der Waals surface area contributed by atoms with Gasteiger partial charge in [0.15, 0.2) is 12.7 Å². The Bertz CT molecular complexity index is 900. The molecule has 0 aliphatic heterocycles. The minimum atomic E-state index is -0.994. The average Bonchev–Trinajstić information content (AvgIpc) is 2.66. The van der Waals surface area contributed by atoms with Crippen LogP contribution in [0.25, 0.3) is 0 Å². The van der Waals surface area contributed by atoms with E-state index in [9.17, 15) is 9.59 Å². The van der Waals surface area contributed by atoms with Crippen molar-refractivity contribution in [3.63, 3.8) is 0 Å². The van der Waals surface area contributed by atoms with Gasteiger partial charge in [-0.1, -0.05) is 26.0 Å². The van der Waals surface area contributed by atoms with Crippen molar-refractivity contribution in [3.8, 4) is 11.8 Å². The lowest BCUT2D eigenvalue weighted by molar-refractivity contribution is -0.155. The van der Waals surface area contributed by atoms with Gasteiger partial charge < -0.3 is 14.8 Å². The second-order valence-corrected chi connectivity index (χ2v) is 6.78. The van der Waals surface area contributed by atoms with Gasteiger partial charge in [-0.3, -0.25) is 4.79 Å². The normalized spacial score (nSPS) is 11.4. The van der Waals surface area contributed by atoms with E-state index < -0.39 is 18.0 Å². The quantitative estimate of drug-likeness (QED) is 0.735. The lowest BCUT2D eigenvalue weighted by Crippen LogP contribution is -2.31. The molecule has 2 rings (SSSR count). The maximum absolute atomic E-state index is 12.2. The molecule has 0 saturated carbocycles. The molecule has 0 bridgehead atoms. The summed E-state index contributed by atoms with van der Waals surface area (Å²) in [6.45, 7) is 7.41. The third-order valence-electron chi connectivity index (χ3n) is 4.16. The molecular weight excluding hydrogens is 356 g/mol. The van der Waals surface area contributed by atoms with Crippen LogP contribution in [-0.4, -0.2) is 24.6 Å². The van der Waals surface area contributed by atoms with Gasteiger partial charge in [-0.15, -0.1) is 0 Å². The van der Waals surface area contributed by atoms with Crippen LogP contribution in [0.1, 0.15) is 43.4 Å². The Kier molecular flexibility index (Phi) is 7.16. The SMILES string of the molecule is Cc1cc(OCC(=O)OC(C)C(=O)Nc2cccc(C#N)c2)ccc1C(C)C. The first-order valence-corrected chi connectivity index (χ1v) is 9.04. The van der Waals surface area contributed by atoms with Gasteiger partial charge in [0, 0.05) is 5.69 Å². The maximum atomic E-state index is 12.2. The van der Waals surface area contributed by atoms with E-state index in [4.69, 9.17) is 14.7 Å². The number of esters is 1. The Hall–Kier alpha value is -3.33. The maximum Gasteiger partial charge on any atom is 0.344 e. The number of amides is 1. The predicted octanol–water partition coefficient (Wildman–Crippen LogP) is 3.94. The second kappa shape index (κ2) is 9.56. The molecule has 1 N–H and O–H groups in total. The van der Waals surface area contributed by atoms with E-state index in [1.165, 1.54) is 12.5 Å². The monoisotopic (exact) mass is 380 g/mol. The van der Waals surface area contributed by atoms with Crippen molar-refractivity contribution in [1.29, 1.82) is 5.26 Å². The largest absolute Gasteiger partial charge is 0.482 e. The summed E-state index contributed by atoms with van der Waals surface area (Å²) in [6.07, 6.45) is -0.994. The molecule has 2 aromatic rings.